The minimum atomic E-state index is -3.88. The molecule has 0 aromatic heterocycles. The zero-order valence-electron chi connectivity index (χ0n) is 16.8. The van der Waals surface area contributed by atoms with Crippen LogP contribution >= 0.6 is 0 Å². The fourth-order valence-electron chi connectivity index (χ4n) is 4.22. The van der Waals surface area contributed by atoms with Gasteiger partial charge in [0.25, 0.3) is 0 Å². The van der Waals surface area contributed by atoms with E-state index in [1.165, 1.54) is 22.5 Å². The van der Waals surface area contributed by atoms with Gasteiger partial charge in [-0.05, 0) is 37.1 Å². The molecule has 0 aliphatic carbocycles. The van der Waals surface area contributed by atoms with Crippen LogP contribution in [-0.2, 0) is 14.8 Å². The van der Waals surface area contributed by atoms with E-state index in [-0.39, 0.29) is 29.8 Å². The maximum absolute atomic E-state index is 14.0. The predicted molar refractivity (Wildman–Crippen MR) is 113 cm³/mol. The summed E-state index contributed by atoms with van der Waals surface area (Å²) in [6.45, 7) is 3.38. The smallest absolute Gasteiger partial charge is 0.245 e. The number of para-hydroxylation sites is 1. The first kappa shape index (κ1) is 20.8. The third-order valence-electron chi connectivity index (χ3n) is 5.97. The first-order valence-electron chi connectivity index (χ1n) is 10.3. The Balaban J connectivity index is 1.32. The van der Waals surface area contributed by atoms with Crippen molar-refractivity contribution >= 4 is 21.6 Å². The van der Waals surface area contributed by atoms with Crippen LogP contribution < -0.4 is 4.90 Å². The molecule has 30 heavy (non-hydrogen) atoms. The molecule has 2 saturated heterocycles. The number of carbonyl (C=O) groups is 1. The second-order valence-corrected chi connectivity index (χ2v) is 9.66. The van der Waals surface area contributed by atoms with Gasteiger partial charge in [0.15, 0.2) is 0 Å². The van der Waals surface area contributed by atoms with Crippen LogP contribution in [0.4, 0.5) is 10.1 Å². The summed E-state index contributed by atoms with van der Waals surface area (Å²) in [6, 6.07) is 15.6. The average Bonchev–Trinajstić information content (AvgIpc) is 2.79. The van der Waals surface area contributed by atoms with Crippen LogP contribution in [0, 0.1) is 11.7 Å². The Hall–Kier alpha value is -2.45. The highest BCUT2D eigenvalue weighted by molar-refractivity contribution is 7.89. The molecule has 0 N–H and O–H groups in total. The number of amides is 1. The fraction of sp³-hybridized carbons (Fsp3) is 0.409. The van der Waals surface area contributed by atoms with Crippen LogP contribution in [0.1, 0.15) is 12.8 Å². The monoisotopic (exact) mass is 431 g/mol. The Morgan fingerprint density at radius 2 is 1.43 bits per heavy atom. The Kier molecular flexibility index (Phi) is 6.06. The summed E-state index contributed by atoms with van der Waals surface area (Å²) in [5, 5.41) is 0. The highest BCUT2D eigenvalue weighted by atomic mass is 32.2. The van der Waals surface area contributed by atoms with Gasteiger partial charge in [0.2, 0.25) is 15.9 Å². The number of nitrogens with zero attached hydrogens (tertiary/aromatic N) is 3. The largest absolute Gasteiger partial charge is 0.368 e. The summed E-state index contributed by atoms with van der Waals surface area (Å²) in [4.78, 5) is 16.8. The molecule has 8 heteroatoms. The molecular formula is C22H26FN3O3S. The molecule has 0 saturated carbocycles. The summed E-state index contributed by atoms with van der Waals surface area (Å²) in [6.07, 6.45) is 0.927. The third-order valence-corrected chi connectivity index (χ3v) is 7.90. The molecule has 160 valence electrons. The van der Waals surface area contributed by atoms with Crippen LogP contribution in [0.25, 0.3) is 0 Å². The molecule has 6 nitrogen and oxygen atoms in total. The van der Waals surface area contributed by atoms with E-state index in [2.05, 4.69) is 17.0 Å². The number of carbonyl (C=O) groups excluding carboxylic acids is 1. The van der Waals surface area contributed by atoms with E-state index in [9.17, 15) is 17.6 Å². The number of sulfonamides is 1. The van der Waals surface area contributed by atoms with Crippen LogP contribution in [0.15, 0.2) is 59.5 Å². The standard InChI is InChI=1S/C22H26FN3O3S/c23-20-8-4-5-9-21(20)30(28,29)26-12-10-18(11-13-26)22(27)25-16-14-24(15-17-25)19-6-2-1-3-7-19/h1-9,18H,10-17H2. The van der Waals surface area contributed by atoms with E-state index in [4.69, 9.17) is 0 Å². The number of benzene rings is 2. The van der Waals surface area contributed by atoms with Crippen LogP contribution in [0.3, 0.4) is 0 Å². The third kappa shape index (κ3) is 4.20. The number of halogens is 1. The van der Waals surface area contributed by atoms with Crippen molar-refractivity contribution in [1.82, 2.24) is 9.21 Å². The number of rotatable bonds is 4. The lowest BCUT2D eigenvalue weighted by Gasteiger charge is -2.39. The molecule has 0 unspecified atom stereocenters. The normalized spacial score (nSPS) is 19.1. The first-order chi connectivity index (χ1) is 14.5. The van der Waals surface area contributed by atoms with Crippen LogP contribution in [0.5, 0.6) is 0 Å². The maximum Gasteiger partial charge on any atom is 0.245 e. The number of hydrogen-bond acceptors (Lipinski definition) is 4. The van der Waals surface area contributed by atoms with E-state index in [1.54, 1.807) is 0 Å². The molecule has 0 spiro atoms. The Morgan fingerprint density at radius 3 is 2.07 bits per heavy atom. The van der Waals surface area contributed by atoms with Gasteiger partial charge in [0, 0.05) is 50.9 Å². The lowest BCUT2D eigenvalue weighted by Crippen LogP contribution is -2.52. The first-order valence-corrected chi connectivity index (χ1v) is 11.7. The van der Waals surface area contributed by atoms with Crippen molar-refractivity contribution in [3.8, 4) is 0 Å². The van der Waals surface area contributed by atoms with Gasteiger partial charge in [-0.25, -0.2) is 12.8 Å². The van der Waals surface area contributed by atoms with Crippen molar-refractivity contribution < 1.29 is 17.6 Å². The molecule has 2 aromatic rings. The Morgan fingerprint density at radius 1 is 0.833 bits per heavy atom. The predicted octanol–water partition coefficient (Wildman–Crippen LogP) is 2.58. The molecule has 0 radical (unpaired) electrons. The quantitative estimate of drug-likeness (QED) is 0.747. The molecule has 0 atom stereocenters. The van der Waals surface area contributed by atoms with E-state index < -0.39 is 15.8 Å². The Bertz CT molecular complexity index is 984. The zero-order valence-corrected chi connectivity index (χ0v) is 17.6. The van der Waals surface area contributed by atoms with Crippen molar-refractivity contribution in [2.45, 2.75) is 17.7 Å². The summed E-state index contributed by atoms with van der Waals surface area (Å²) in [7, 11) is -3.88. The molecule has 0 bridgehead atoms. The van der Waals surface area contributed by atoms with E-state index in [0.717, 1.165) is 24.8 Å². The lowest BCUT2D eigenvalue weighted by atomic mass is 9.96. The Labute approximate surface area is 176 Å². The molecule has 2 heterocycles. The highest BCUT2D eigenvalue weighted by Gasteiger charge is 2.35. The SMILES string of the molecule is O=C(C1CCN(S(=O)(=O)c2ccccc2F)CC1)N1CCN(c2ccccc2)CC1. The number of hydrogen-bond donors (Lipinski definition) is 0. The van der Waals surface area contributed by atoms with Crippen molar-refractivity contribution in [2.75, 3.05) is 44.2 Å². The van der Waals surface area contributed by atoms with Gasteiger partial charge < -0.3 is 9.80 Å². The minimum Gasteiger partial charge on any atom is -0.368 e. The van der Waals surface area contributed by atoms with Crippen molar-refractivity contribution in [1.29, 1.82) is 0 Å². The second kappa shape index (κ2) is 8.73. The zero-order chi connectivity index (χ0) is 21.1. The number of piperazine rings is 1. The van der Waals surface area contributed by atoms with Gasteiger partial charge in [0.05, 0.1) is 0 Å². The van der Waals surface area contributed by atoms with Gasteiger partial charge >= 0.3 is 0 Å². The summed E-state index contributed by atoms with van der Waals surface area (Å²) in [5.74, 6) is -0.821. The number of anilines is 1. The van der Waals surface area contributed by atoms with Crippen molar-refractivity contribution in [3.05, 3.63) is 60.4 Å². The van der Waals surface area contributed by atoms with Gasteiger partial charge in [-0.1, -0.05) is 30.3 Å². The van der Waals surface area contributed by atoms with Crippen LogP contribution in [-0.4, -0.2) is 62.8 Å². The summed E-state index contributed by atoms with van der Waals surface area (Å²) < 4.78 is 40.8. The van der Waals surface area contributed by atoms with Crippen LogP contribution in [0.2, 0.25) is 0 Å². The lowest BCUT2D eigenvalue weighted by molar-refractivity contribution is -0.137. The molecule has 2 aliphatic heterocycles. The summed E-state index contributed by atoms with van der Waals surface area (Å²) in [5.41, 5.74) is 1.16. The van der Waals surface area contributed by atoms with Gasteiger partial charge in [-0.3, -0.25) is 4.79 Å². The molecule has 2 aliphatic rings. The molecule has 2 fully saturated rings. The van der Waals surface area contributed by atoms with Gasteiger partial charge in [0.1, 0.15) is 10.7 Å². The van der Waals surface area contributed by atoms with E-state index >= 15 is 0 Å². The molecular weight excluding hydrogens is 405 g/mol. The number of piperidine rings is 1. The highest BCUT2D eigenvalue weighted by Crippen LogP contribution is 2.27. The van der Waals surface area contributed by atoms with Crippen molar-refractivity contribution in [2.24, 2.45) is 5.92 Å². The topological polar surface area (TPSA) is 60.9 Å². The van der Waals surface area contributed by atoms with Gasteiger partial charge in [-0.2, -0.15) is 4.31 Å². The van der Waals surface area contributed by atoms with E-state index in [1.807, 2.05) is 23.1 Å². The van der Waals surface area contributed by atoms with Gasteiger partial charge in [-0.15, -0.1) is 0 Å². The molecule has 1 amide bonds. The maximum atomic E-state index is 14.0. The second-order valence-electron chi connectivity index (χ2n) is 7.76. The van der Waals surface area contributed by atoms with Crippen molar-refractivity contribution in [3.63, 3.8) is 0 Å². The molecule has 4 rings (SSSR count). The fourth-order valence-corrected chi connectivity index (χ4v) is 5.75. The minimum absolute atomic E-state index is 0.102. The molecule has 2 aromatic carbocycles. The van der Waals surface area contributed by atoms with E-state index in [0.29, 0.717) is 25.9 Å². The average molecular weight is 432 g/mol. The summed E-state index contributed by atoms with van der Waals surface area (Å²) >= 11 is 0.